The van der Waals surface area contributed by atoms with Gasteiger partial charge in [-0.05, 0) is 61.4 Å². The molecule has 0 aliphatic carbocycles. The van der Waals surface area contributed by atoms with Crippen molar-refractivity contribution in [3.8, 4) is 0 Å². The minimum absolute atomic E-state index is 0.242. The third-order valence-electron chi connectivity index (χ3n) is 4.50. The fourth-order valence-corrected chi connectivity index (χ4v) is 3.19. The van der Waals surface area contributed by atoms with E-state index < -0.39 is 5.91 Å². The molecule has 0 unspecified atom stereocenters. The van der Waals surface area contributed by atoms with Crippen molar-refractivity contribution >= 4 is 28.3 Å². The number of nitrogens with one attached hydrogen (secondary N) is 1. The number of carbonyl (C=O) groups is 2. The molecule has 7 heteroatoms. The summed E-state index contributed by atoms with van der Waals surface area (Å²) in [7, 11) is 5.47. The molecule has 0 radical (unpaired) electrons. The molecule has 2 N–H and O–H groups in total. The maximum atomic E-state index is 13.0. The van der Waals surface area contributed by atoms with E-state index in [0.717, 1.165) is 17.3 Å². The number of nitrogens with zero attached hydrogens (tertiary/aromatic N) is 2. The second-order valence-electron chi connectivity index (χ2n) is 6.87. The van der Waals surface area contributed by atoms with Crippen LogP contribution in [-0.4, -0.2) is 43.1 Å². The molecule has 0 spiro atoms. The maximum absolute atomic E-state index is 13.0. The van der Waals surface area contributed by atoms with Crippen LogP contribution in [0.4, 0.5) is 5.69 Å². The predicted octanol–water partition coefficient (Wildman–Crippen LogP) is 3.23. The van der Waals surface area contributed by atoms with Crippen LogP contribution in [0.2, 0.25) is 0 Å². The fraction of sp³-hybridized carbons (Fsp3) is 0.182. The van der Waals surface area contributed by atoms with E-state index in [9.17, 15) is 9.59 Å². The number of amides is 2. The average Bonchev–Trinajstić information content (AvgIpc) is 2.73. The number of anilines is 1. The van der Waals surface area contributed by atoms with Crippen LogP contribution in [0.25, 0.3) is 10.8 Å². The predicted molar refractivity (Wildman–Crippen MR) is 111 cm³/mol. The van der Waals surface area contributed by atoms with Gasteiger partial charge in [-0.2, -0.15) is 5.06 Å². The summed E-state index contributed by atoms with van der Waals surface area (Å²) in [6.45, 7) is 0.820. The largest absolute Gasteiger partial charge is 0.305 e. The summed E-state index contributed by atoms with van der Waals surface area (Å²) in [5, 5.41) is 11.8. The molecule has 0 saturated carbocycles. The van der Waals surface area contributed by atoms with Crippen molar-refractivity contribution in [2.75, 3.05) is 26.3 Å². The lowest BCUT2D eigenvalue weighted by molar-refractivity contribution is 0.0705. The number of benzene rings is 3. The van der Waals surface area contributed by atoms with E-state index in [1.165, 1.54) is 42.0 Å². The van der Waals surface area contributed by atoms with Gasteiger partial charge in [0, 0.05) is 23.1 Å². The Labute approximate surface area is 169 Å². The monoisotopic (exact) mass is 393 g/mol. The number of hydrogen-bond donors (Lipinski definition) is 2. The Morgan fingerprint density at radius 1 is 1.00 bits per heavy atom. The lowest BCUT2D eigenvalue weighted by atomic mass is 10.0. The Hall–Kier alpha value is -3.26. The average molecular weight is 393 g/mol. The Balaban J connectivity index is 1.95. The second kappa shape index (κ2) is 8.83. The molecule has 0 aromatic heterocycles. The smallest absolute Gasteiger partial charge is 0.282 e. The van der Waals surface area contributed by atoms with Gasteiger partial charge in [0.2, 0.25) is 0 Å². The van der Waals surface area contributed by atoms with E-state index in [-0.39, 0.29) is 11.5 Å². The standard InChI is InChI=1S/C22H23N3O4/c1-24(2)14-15-7-12-19-18(13-15)5-4-6-20(19)25(29-3)22(27)17-10-8-16(9-11-17)21(26)23-28/h4-13,28H,14H2,1-3H3,(H,23,26). The summed E-state index contributed by atoms with van der Waals surface area (Å²) < 4.78 is 0. The van der Waals surface area contributed by atoms with Gasteiger partial charge in [-0.25, -0.2) is 5.48 Å². The van der Waals surface area contributed by atoms with Crippen molar-refractivity contribution in [1.29, 1.82) is 0 Å². The molecule has 0 aliphatic rings. The van der Waals surface area contributed by atoms with E-state index in [4.69, 9.17) is 10.0 Å². The lowest BCUT2D eigenvalue weighted by Crippen LogP contribution is -2.30. The summed E-state index contributed by atoms with van der Waals surface area (Å²) >= 11 is 0. The molecule has 0 aliphatic heterocycles. The van der Waals surface area contributed by atoms with Gasteiger partial charge in [-0.1, -0.05) is 24.3 Å². The van der Waals surface area contributed by atoms with Crippen molar-refractivity contribution in [3.05, 3.63) is 77.4 Å². The quantitative estimate of drug-likeness (QED) is 0.496. The number of fused-ring (bicyclic) bond motifs is 1. The molecule has 7 nitrogen and oxygen atoms in total. The van der Waals surface area contributed by atoms with Crippen LogP contribution in [-0.2, 0) is 11.4 Å². The molecule has 29 heavy (non-hydrogen) atoms. The first-order valence-corrected chi connectivity index (χ1v) is 9.04. The van der Waals surface area contributed by atoms with Gasteiger partial charge in [0.05, 0.1) is 12.8 Å². The van der Waals surface area contributed by atoms with Gasteiger partial charge in [0.1, 0.15) is 0 Å². The summed E-state index contributed by atoms with van der Waals surface area (Å²) in [5.74, 6) is -1.01. The SMILES string of the molecule is CON(C(=O)c1ccc(C(=O)NO)cc1)c1cccc2cc(CN(C)C)ccc12. The van der Waals surface area contributed by atoms with Gasteiger partial charge in [0.25, 0.3) is 11.8 Å². The molecule has 0 bridgehead atoms. The minimum atomic E-state index is -0.643. The molecule has 3 aromatic rings. The van der Waals surface area contributed by atoms with Crippen LogP contribution in [0, 0.1) is 0 Å². The van der Waals surface area contributed by atoms with Gasteiger partial charge < -0.3 is 4.90 Å². The first-order chi connectivity index (χ1) is 13.9. The molecule has 3 rings (SSSR count). The second-order valence-corrected chi connectivity index (χ2v) is 6.87. The third-order valence-corrected chi connectivity index (χ3v) is 4.50. The zero-order valence-corrected chi connectivity index (χ0v) is 16.5. The number of carbonyl (C=O) groups excluding carboxylic acids is 2. The van der Waals surface area contributed by atoms with E-state index in [1.807, 2.05) is 44.4 Å². The number of hydrogen-bond acceptors (Lipinski definition) is 5. The molecule has 0 fully saturated rings. The van der Waals surface area contributed by atoms with Crippen LogP contribution in [0.5, 0.6) is 0 Å². The van der Waals surface area contributed by atoms with E-state index in [2.05, 4.69) is 11.0 Å². The highest BCUT2D eigenvalue weighted by atomic mass is 16.7. The zero-order chi connectivity index (χ0) is 21.0. The highest BCUT2D eigenvalue weighted by molar-refractivity contribution is 6.10. The van der Waals surface area contributed by atoms with Crippen LogP contribution in [0.1, 0.15) is 26.3 Å². The first kappa shape index (κ1) is 20.5. The van der Waals surface area contributed by atoms with Crippen LogP contribution in [0.3, 0.4) is 0 Å². The fourth-order valence-electron chi connectivity index (χ4n) is 3.19. The van der Waals surface area contributed by atoms with E-state index in [0.29, 0.717) is 11.3 Å². The van der Waals surface area contributed by atoms with Crippen LogP contribution >= 0.6 is 0 Å². The van der Waals surface area contributed by atoms with Crippen molar-refractivity contribution in [2.24, 2.45) is 0 Å². The molecule has 2 amide bonds. The van der Waals surface area contributed by atoms with Crippen molar-refractivity contribution < 1.29 is 19.6 Å². The topological polar surface area (TPSA) is 82.1 Å². The van der Waals surface area contributed by atoms with Gasteiger partial charge >= 0.3 is 0 Å². The van der Waals surface area contributed by atoms with Crippen LogP contribution in [0.15, 0.2) is 60.7 Å². The minimum Gasteiger partial charge on any atom is -0.305 e. The Bertz CT molecular complexity index is 1030. The molecule has 3 aromatic carbocycles. The molecule has 0 atom stereocenters. The Morgan fingerprint density at radius 3 is 2.31 bits per heavy atom. The van der Waals surface area contributed by atoms with Crippen molar-refractivity contribution in [1.82, 2.24) is 10.4 Å². The summed E-state index contributed by atoms with van der Waals surface area (Å²) in [6.07, 6.45) is 0. The highest BCUT2D eigenvalue weighted by Crippen LogP contribution is 2.29. The van der Waals surface area contributed by atoms with E-state index >= 15 is 0 Å². The first-order valence-electron chi connectivity index (χ1n) is 9.04. The van der Waals surface area contributed by atoms with Gasteiger partial charge in [-0.3, -0.25) is 19.6 Å². The summed E-state index contributed by atoms with van der Waals surface area (Å²) in [5.41, 5.74) is 3.96. The number of hydroxylamine groups is 2. The maximum Gasteiger partial charge on any atom is 0.282 e. The summed E-state index contributed by atoms with van der Waals surface area (Å²) in [6, 6.07) is 17.8. The molecule has 150 valence electrons. The normalized spacial score (nSPS) is 10.9. The summed E-state index contributed by atoms with van der Waals surface area (Å²) in [4.78, 5) is 32.0. The molecular formula is C22H23N3O4. The molecule has 0 saturated heterocycles. The van der Waals surface area contributed by atoms with Crippen LogP contribution < -0.4 is 10.5 Å². The Kier molecular flexibility index (Phi) is 6.23. The molecule has 0 heterocycles. The number of rotatable bonds is 6. The van der Waals surface area contributed by atoms with E-state index in [1.54, 1.807) is 5.48 Å². The van der Waals surface area contributed by atoms with Gasteiger partial charge in [0.15, 0.2) is 0 Å². The zero-order valence-electron chi connectivity index (χ0n) is 16.5. The highest BCUT2D eigenvalue weighted by Gasteiger charge is 2.20. The third kappa shape index (κ3) is 4.43. The Morgan fingerprint density at radius 2 is 1.69 bits per heavy atom. The van der Waals surface area contributed by atoms with Crippen molar-refractivity contribution in [2.45, 2.75) is 6.54 Å². The van der Waals surface area contributed by atoms with Crippen molar-refractivity contribution in [3.63, 3.8) is 0 Å². The van der Waals surface area contributed by atoms with Gasteiger partial charge in [-0.15, -0.1) is 0 Å². The lowest BCUT2D eigenvalue weighted by Gasteiger charge is -2.22. The molecular weight excluding hydrogens is 370 g/mol.